The van der Waals surface area contributed by atoms with Crippen LogP contribution in [0.2, 0.25) is 5.02 Å². The van der Waals surface area contributed by atoms with Gasteiger partial charge in [-0.3, -0.25) is 9.59 Å². The third-order valence-electron chi connectivity index (χ3n) is 4.27. The minimum Gasteiger partial charge on any atom is -0.492 e. The normalized spacial score (nSPS) is 13.2. The summed E-state index contributed by atoms with van der Waals surface area (Å²) in [5.74, 6) is 0.576. The molecular weight excluding hydrogens is 364 g/mol. The molecule has 2 amide bonds. The van der Waals surface area contributed by atoms with Crippen LogP contribution in [0.3, 0.4) is 0 Å². The highest BCUT2D eigenvalue weighted by Crippen LogP contribution is 2.26. The molecule has 5 nitrogen and oxygen atoms in total. The van der Waals surface area contributed by atoms with Crippen LogP contribution in [-0.4, -0.2) is 25.0 Å². The minimum absolute atomic E-state index is 0.0415. The van der Waals surface area contributed by atoms with Gasteiger partial charge >= 0.3 is 0 Å². The predicted octanol–water partition coefficient (Wildman–Crippen LogP) is 3.74. The monoisotopic (exact) mass is 384 g/mol. The molecular formula is C21H21ClN2O3. The third-order valence-corrected chi connectivity index (χ3v) is 4.67. The molecule has 0 aliphatic carbocycles. The fraction of sp³-hybridized carbons (Fsp3) is 0.238. The van der Waals surface area contributed by atoms with Crippen molar-refractivity contribution in [3.63, 3.8) is 0 Å². The molecule has 2 N–H and O–H groups in total. The number of carbonyl (C=O) groups excluding carboxylic acids is 2. The Morgan fingerprint density at radius 3 is 2.93 bits per heavy atom. The van der Waals surface area contributed by atoms with E-state index in [1.54, 1.807) is 6.08 Å². The number of fused-ring (bicyclic) bond motifs is 1. The second-order valence-corrected chi connectivity index (χ2v) is 6.76. The molecule has 27 heavy (non-hydrogen) atoms. The molecule has 0 unspecified atom stereocenters. The summed E-state index contributed by atoms with van der Waals surface area (Å²) < 4.78 is 5.67. The zero-order chi connectivity index (χ0) is 19.2. The van der Waals surface area contributed by atoms with E-state index in [0.717, 1.165) is 28.1 Å². The van der Waals surface area contributed by atoms with Crippen LogP contribution < -0.4 is 15.4 Å². The fourth-order valence-corrected chi connectivity index (χ4v) is 2.93. The van der Waals surface area contributed by atoms with E-state index in [2.05, 4.69) is 10.6 Å². The van der Waals surface area contributed by atoms with Crippen molar-refractivity contribution >= 4 is 35.2 Å². The van der Waals surface area contributed by atoms with Gasteiger partial charge in [-0.05, 0) is 60.4 Å². The SMILES string of the molecule is Cc1ccc(/C=C/C(=O)NCCOc2ccc3c(c2)CCC(=O)N3)cc1Cl. The molecule has 0 fully saturated rings. The first-order valence-electron chi connectivity index (χ1n) is 8.79. The lowest BCUT2D eigenvalue weighted by atomic mass is 10.0. The Morgan fingerprint density at radius 1 is 1.26 bits per heavy atom. The smallest absolute Gasteiger partial charge is 0.244 e. The fourth-order valence-electron chi connectivity index (χ4n) is 2.74. The zero-order valence-electron chi connectivity index (χ0n) is 15.0. The molecule has 1 aliphatic heterocycles. The number of halogens is 1. The largest absolute Gasteiger partial charge is 0.492 e. The number of anilines is 1. The Morgan fingerprint density at radius 2 is 2.11 bits per heavy atom. The molecule has 0 saturated carbocycles. The summed E-state index contributed by atoms with van der Waals surface area (Å²) in [7, 11) is 0. The lowest BCUT2D eigenvalue weighted by molar-refractivity contribution is -0.117. The second kappa shape index (κ2) is 8.73. The van der Waals surface area contributed by atoms with Crippen LogP contribution in [0.1, 0.15) is 23.1 Å². The van der Waals surface area contributed by atoms with Crippen molar-refractivity contribution in [1.29, 1.82) is 0 Å². The number of carbonyl (C=O) groups is 2. The average Bonchev–Trinajstić information content (AvgIpc) is 2.66. The van der Waals surface area contributed by atoms with Gasteiger partial charge in [0.05, 0.1) is 6.54 Å². The molecule has 2 aromatic carbocycles. The van der Waals surface area contributed by atoms with Gasteiger partial charge < -0.3 is 15.4 Å². The zero-order valence-corrected chi connectivity index (χ0v) is 15.8. The third kappa shape index (κ3) is 5.34. The van der Waals surface area contributed by atoms with E-state index in [1.807, 2.05) is 43.3 Å². The summed E-state index contributed by atoms with van der Waals surface area (Å²) in [6, 6.07) is 11.2. The summed E-state index contributed by atoms with van der Waals surface area (Å²) in [4.78, 5) is 23.2. The maximum atomic E-state index is 11.9. The molecule has 140 valence electrons. The lowest BCUT2D eigenvalue weighted by Crippen LogP contribution is -2.26. The summed E-state index contributed by atoms with van der Waals surface area (Å²) >= 11 is 6.07. The first kappa shape index (κ1) is 19.0. The van der Waals surface area contributed by atoms with Crippen LogP contribution in [0.5, 0.6) is 5.75 Å². The number of nitrogens with one attached hydrogen (secondary N) is 2. The number of benzene rings is 2. The number of ether oxygens (including phenoxy) is 1. The van der Waals surface area contributed by atoms with E-state index < -0.39 is 0 Å². The molecule has 1 heterocycles. The van der Waals surface area contributed by atoms with Crippen molar-refractivity contribution < 1.29 is 14.3 Å². The number of hydrogen-bond acceptors (Lipinski definition) is 3. The van der Waals surface area contributed by atoms with Crippen LogP contribution in [0, 0.1) is 6.92 Å². The average molecular weight is 385 g/mol. The first-order chi connectivity index (χ1) is 13.0. The van der Waals surface area contributed by atoms with E-state index in [-0.39, 0.29) is 11.8 Å². The highest BCUT2D eigenvalue weighted by molar-refractivity contribution is 6.31. The Hall–Kier alpha value is -2.79. The molecule has 0 bridgehead atoms. The molecule has 6 heteroatoms. The van der Waals surface area contributed by atoms with E-state index >= 15 is 0 Å². The number of aryl methyl sites for hydroxylation is 2. The Kier molecular flexibility index (Phi) is 6.14. The van der Waals surface area contributed by atoms with Crippen molar-refractivity contribution in [2.24, 2.45) is 0 Å². The number of rotatable bonds is 6. The van der Waals surface area contributed by atoms with Gasteiger partial charge in [0.1, 0.15) is 12.4 Å². The van der Waals surface area contributed by atoms with Gasteiger partial charge in [0, 0.05) is 23.2 Å². The summed E-state index contributed by atoms with van der Waals surface area (Å²) in [6.45, 7) is 2.69. The van der Waals surface area contributed by atoms with E-state index in [9.17, 15) is 9.59 Å². The maximum absolute atomic E-state index is 11.9. The first-order valence-corrected chi connectivity index (χ1v) is 9.17. The van der Waals surface area contributed by atoms with Crippen molar-refractivity contribution in [3.05, 3.63) is 64.2 Å². The quantitative estimate of drug-likeness (QED) is 0.589. The molecule has 0 spiro atoms. The van der Waals surface area contributed by atoms with Gasteiger partial charge in [-0.15, -0.1) is 0 Å². The van der Waals surface area contributed by atoms with Crippen LogP contribution >= 0.6 is 11.6 Å². The van der Waals surface area contributed by atoms with Gasteiger partial charge in [-0.2, -0.15) is 0 Å². The second-order valence-electron chi connectivity index (χ2n) is 6.35. The van der Waals surface area contributed by atoms with E-state index in [1.165, 1.54) is 6.08 Å². The van der Waals surface area contributed by atoms with Gasteiger partial charge in [-0.1, -0.05) is 23.7 Å². The van der Waals surface area contributed by atoms with Gasteiger partial charge in [0.2, 0.25) is 11.8 Å². The van der Waals surface area contributed by atoms with E-state index in [0.29, 0.717) is 31.0 Å². The molecule has 0 aromatic heterocycles. The molecule has 3 rings (SSSR count). The van der Waals surface area contributed by atoms with E-state index in [4.69, 9.17) is 16.3 Å². The van der Waals surface area contributed by atoms with Crippen molar-refractivity contribution in [1.82, 2.24) is 5.32 Å². The van der Waals surface area contributed by atoms with Crippen molar-refractivity contribution in [2.45, 2.75) is 19.8 Å². The predicted molar refractivity (Wildman–Crippen MR) is 107 cm³/mol. The lowest BCUT2D eigenvalue weighted by Gasteiger charge is -2.17. The maximum Gasteiger partial charge on any atom is 0.244 e. The summed E-state index contributed by atoms with van der Waals surface area (Å²) in [6.07, 6.45) is 4.40. The van der Waals surface area contributed by atoms with Gasteiger partial charge in [0.25, 0.3) is 0 Å². The van der Waals surface area contributed by atoms with Gasteiger partial charge in [0.15, 0.2) is 0 Å². The van der Waals surface area contributed by atoms with Gasteiger partial charge in [-0.25, -0.2) is 0 Å². The van der Waals surface area contributed by atoms with Crippen LogP contribution in [0.4, 0.5) is 5.69 Å². The Labute approximate surface area is 163 Å². The number of amides is 2. The van der Waals surface area contributed by atoms with Crippen LogP contribution in [0.15, 0.2) is 42.5 Å². The van der Waals surface area contributed by atoms with Crippen LogP contribution in [0.25, 0.3) is 6.08 Å². The Bertz CT molecular complexity index is 893. The molecule has 0 atom stereocenters. The molecule has 1 aliphatic rings. The van der Waals surface area contributed by atoms with Crippen LogP contribution in [-0.2, 0) is 16.0 Å². The molecule has 0 radical (unpaired) electrons. The van der Waals surface area contributed by atoms with Crippen molar-refractivity contribution in [2.75, 3.05) is 18.5 Å². The topological polar surface area (TPSA) is 67.4 Å². The molecule has 2 aromatic rings. The Balaban J connectivity index is 1.43. The minimum atomic E-state index is -0.191. The summed E-state index contributed by atoms with van der Waals surface area (Å²) in [5, 5.41) is 6.29. The number of hydrogen-bond donors (Lipinski definition) is 2. The standard InChI is InChI=1S/C21H21ClN2O3/c1-14-2-3-15(12-18(14)22)4-8-20(25)23-10-11-27-17-6-7-19-16(13-17)5-9-21(26)24-19/h2-4,6-8,12-13H,5,9-11H2,1H3,(H,23,25)(H,24,26)/b8-4+. The highest BCUT2D eigenvalue weighted by atomic mass is 35.5. The van der Waals surface area contributed by atoms with Crippen molar-refractivity contribution in [3.8, 4) is 5.75 Å². The molecule has 0 saturated heterocycles. The summed E-state index contributed by atoms with van der Waals surface area (Å²) in [5.41, 5.74) is 3.78. The highest BCUT2D eigenvalue weighted by Gasteiger charge is 2.14.